The molecule has 0 aliphatic carbocycles. The molecule has 0 saturated heterocycles. The van der Waals surface area contributed by atoms with Crippen LogP contribution in [-0.4, -0.2) is 148 Å². The number of aromatic nitrogens is 10. The average molecular weight is 1310 g/mol. The van der Waals surface area contributed by atoms with E-state index in [1.807, 2.05) is 83.6 Å². The number of pyridine rings is 2. The third-order valence-corrected chi connectivity index (χ3v) is 23.0. The smallest absolute Gasteiger partial charge is 0.246 e. The maximum atomic E-state index is 14.8. The summed E-state index contributed by atoms with van der Waals surface area (Å²) in [4.78, 5) is 9.35. The van der Waals surface area contributed by atoms with E-state index >= 15 is 0 Å². The molecular weight excluding hydrogens is 1230 g/mol. The number of aryl methyl sites for hydroxylation is 2. The number of hydrogen-bond donors (Lipinski definition) is 0. The Morgan fingerprint density at radius 2 is 0.844 bits per heavy atom. The third-order valence-electron chi connectivity index (χ3n) is 15.3. The summed E-state index contributed by atoms with van der Waals surface area (Å²) in [5.41, 5.74) is 3.27. The van der Waals surface area contributed by atoms with E-state index in [1.54, 1.807) is 112 Å². The fourth-order valence-electron chi connectivity index (χ4n) is 10.4. The number of anilines is 2. The van der Waals surface area contributed by atoms with Gasteiger partial charge in [-0.15, -0.1) is 20.4 Å². The molecule has 24 nitrogen and oxygen atoms in total. The Kier molecular flexibility index (Phi) is 19.9. The fraction of sp³-hybridized carbons (Fsp3) is 0.387. The largest absolute Gasteiger partial charge is 0.494 e. The minimum Gasteiger partial charge on any atom is -0.494 e. The first-order valence-corrected chi connectivity index (χ1v) is 39.6. The number of fused-ring (bicyclic) bond motifs is 2. The van der Waals surface area contributed by atoms with E-state index in [4.69, 9.17) is 37.3 Å². The third kappa shape index (κ3) is 13.7. The SMILES string of the molecule is COc1cccc(OC)c1-n1c(-c2ccc(C)o2)nnc1N(CC[Si](C)(C)C)S(=O)(=O)[C@@H](C)[C@H](OC)c1cn2ccccc2n1.COc1cccc(OC)c1-n1c(-c2ccc(C)o2)nnc1N(CC[Si](C)(C)C)S(=O)(=O)[C@H](C)[C@@H](OC)c1cn2ccccc2n1. The predicted molar refractivity (Wildman–Crippen MR) is 351 cm³/mol. The van der Waals surface area contributed by atoms with Crippen LogP contribution in [0.3, 0.4) is 0 Å². The molecule has 0 unspecified atom stereocenters. The summed E-state index contributed by atoms with van der Waals surface area (Å²) in [5, 5.41) is 15.9. The van der Waals surface area contributed by atoms with Crippen LogP contribution in [0.15, 0.2) is 131 Å². The molecule has 90 heavy (non-hydrogen) atoms. The normalized spacial score (nSPS) is 13.6. The van der Waals surface area contributed by atoms with Gasteiger partial charge >= 0.3 is 0 Å². The van der Waals surface area contributed by atoms with Crippen molar-refractivity contribution in [2.24, 2.45) is 0 Å². The lowest BCUT2D eigenvalue weighted by Crippen LogP contribution is -2.44. The first kappa shape index (κ1) is 66.1. The molecule has 10 aromatic rings. The van der Waals surface area contributed by atoms with Gasteiger partial charge in [-0.3, -0.25) is 9.13 Å². The Morgan fingerprint density at radius 3 is 1.13 bits per heavy atom. The number of imidazole rings is 2. The summed E-state index contributed by atoms with van der Waals surface area (Å²) in [6, 6.07) is 30.4. The van der Waals surface area contributed by atoms with Crippen LogP contribution in [0.2, 0.25) is 51.4 Å². The van der Waals surface area contributed by atoms with Crippen LogP contribution in [0.25, 0.3) is 45.8 Å². The molecule has 28 heteroatoms. The molecule has 8 aromatic heterocycles. The highest BCUT2D eigenvalue weighted by molar-refractivity contribution is 7.93. The number of methoxy groups -OCH3 is 6. The zero-order chi connectivity index (χ0) is 65.0. The van der Waals surface area contributed by atoms with E-state index in [1.165, 1.54) is 22.8 Å². The van der Waals surface area contributed by atoms with Crippen molar-refractivity contribution < 1.29 is 54.1 Å². The highest BCUT2D eigenvalue weighted by Crippen LogP contribution is 2.43. The molecule has 10 rings (SSSR count). The molecule has 4 atom stereocenters. The highest BCUT2D eigenvalue weighted by atomic mass is 32.2. The second kappa shape index (κ2) is 27.0. The van der Waals surface area contributed by atoms with Gasteiger partial charge in [0.05, 0.1) is 39.8 Å². The van der Waals surface area contributed by atoms with Crippen molar-refractivity contribution in [2.45, 2.75) is 102 Å². The van der Waals surface area contributed by atoms with E-state index in [9.17, 15) is 16.8 Å². The van der Waals surface area contributed by atoms with Crippen molar-refractivity contribution in [3.05, 3.63) is 145 Å². The summed E-state index contributed by atoms with van der Waals surface area (Å²) < 4.78 is 116. The van der Waals surface area contributed by atoms with Crippen molar-refractivity contribution in [3.63, 3.8) is 0 Å². The van der Waals surface area contributed by atoms with Crippen molar-refractivity contribution in [3.8, 4) is 57.5 Å². The van der Waals surface area contributed by atoms with Gasteiger partial charge in [0.2, 0.25) is 43.6 Å². The van der Waals surface area contributed by atoms with Gasteiger partial charge in [0, 0.05) is 68.2 Å². The molecule has 2 aromatic carbocycles. The molecule has 8 heterocycles. The fourth-order valence-corrected chi connectivity index (χ4v) is 15.8. The number of hydrogen-bond acceptors (Lipinski definition) is 18. The summed E-state index contributed by atoms with van der Waals surface area (Å²) in [6.45, 7) is 20.4. The zero-order valence-electron chi connectivity index (χ0n) is 53.8. The van der Waals surface area contributed by atoms with Crippen LogP contribution >= 0.6 is 0 Å². The molecule has 0 aliphatic heterocycles. The van der Waals surface area contributed by atoms with Crippen LogP contribution < -0.4 is 27.6 Å². The van der Waals surface area contributed by atoms with E-state index in [2.05, 4.69) is 69.6 Å². The number of ether oxygens (including phenoxy) is 6. The van der Waals surface area contributed by atoms with Crippen LogP contribution in [0.5, 0.6) is 23.0 Å². The van der Waals surface area contributed by atoms with E-state index in [0.717, 1.165) is 0 Å². The van der Waals surface area contributed by atoms with Crippen molar-refractivity contribution in [1.29, 1.82) is 0 Å². The topological polar surface area (TPSA) is 252 Å². The van der Waals surface area contributed by atoms with Gasteiger partial charge in [-0.05, 0) is 113 Å². The Labute approximate surface area is 527 Å². The summed E-state index contributed by atoms with van der Waals surface area (Å²) in [5.74, 6) is 4.67. The average Bonchev–Trinajstić information content (AvgIpc) is 1.38. The summed E-state index contributed by atoms with van der Waals surface area (Å²) in [7, 11) is -2.68. The maximum absolute atomic E-state index is 14.8. The first-order valence-electron chi connectivity index (χ1n) is 29.2. The van der Waals surface area contributed by atoms with Gasteiger partial charge in [-0.25, -0.2) is 35.4 Å². The molecule has 480 valence electrons. The van der Waals surface area contributed by atoms with Crippen LogP contribution in [-0.2, 0) is 29.5 Å². The van der Waals surface area contributed by atoms with Crippen LogP contribution in [0, 0.1) is 13.8 Å². The van der Waals surface area contributed by atoms with Crippen molar-refractivity contribution in [2.75, 3.05) is 64.4 Å². The first-order chi connectivity index (χ1) is 42.8. The monoisotopic (exact) mass is 1300 g/mol. The van der Waals surface area contributed by atoms with Gasteiger partial charge in [0.25, 0.3) is 0 Å². The number of rotatable bonds is 26. The van der Waals surface area contributed by atoms with Gasteiger partial charge < -0.3 is 46.1 Å². The Morgan fingerprint density at radius 1 is 0.489 bits per heavy atom. The van der Waals surface area contributed by atoms with Crippen LogP contribution in [0.4, 0.5) is 11.9 Å². The Balaban J connectivity index is 0.000000213. The molecule has 0 spiro atoms. The van der Waals surface area contributed by atoms with E-state index < -0.39 is 58.9 Å². The molecule has 0 saturated carbocycles. The molecule has 0 aliphatic rings. The van der Waals surface area contributed by atoms with Gasteiger partial charge in [-0.1, -0.05) is 63.5 Å². The lowest BCUT2D eigenvalue weighted by Gasteiger charge is -2.31. The van der Waals surface area contributed by atoms with Crippen molar-refractivity contribution >= 4 is 59.4 Å². The second-order valence-electron chi connectivity index (χ2n) is 24.0. The maximum Gasteiger partial charge on any atom is 0.246 e. The number of furan rings is 2. The number of benzene rings is 2. The van der Waals surface area contributed by atoms with Gasteiger partial charge in [0.15, 0.2) is 11.5 Å². The quantitative estimate of drug-likeness (QED) is 0.0457. The van der Waals surface area contributed by atoms with E-state index in [-0.39, 0.29) is 25.0 Å². The van der Waals surface area contributed by atoms with Gasteiger partial charge in [0.1, 0.15) is 79.9 Å². The van der Waals surface area contributed by atoms with Gasteiger partial charge in [-0.2, -0.15) is 0 Å². The zero-order valence-corrected chi connectivity index (χ0v) is 57.4. The predicted octanol–water partition coefficient (Wildman–Crippen LogP) is 11.5. The Hall–Kier alpha value is -8.29. The molecule has 0 N–H and O–H groups in total. The molecular formula is C62H80N12O12S2Si2. The molecule has 0 fully saturated rings. The van der Waals surface area contributed by atoms with Crippen molar-refractivity contribution in [1.82, 2.24) is 48.3 Å². The lowest BCUT2D eigenvalue weighted by molar-refractivity contribution is 0.0990. The molecule has 0 amide bonds. The van der Waals surface area contributed by atoms with Crippen LogP contribution in [0.1, 0.15) is 49.0 Å². The molecule has 0 bridgehead atoms. The standard InChI is InChI=1S/2C31H40N6O6SSi/c2*1-21-15-16-26(43-21)30-33-34-31(37(30)28-24(40-3)12-11-13-25(28)41-4)36(18-19-45(6,7)8)44(38,39)22(2)29(42-5)23-20-35-17-10-9-14-27(35)32-23/h2*9-17,20,22,29H,18-19H2,1-8H3/t2*22-,29-/m10/s1. The Bertz CT molecular complexity index is 3950. The number of nitrogens with zero attached hydrogens (tertiary/aromatic N) is 12. The summed E-state index contributed by atoms with van der Waals surface area (Å²) >= 11 is 0. The minimum absolute atomic E-state index is 0.0804. The summed E-state index contributed by atoms with van der Waals surface area (Å²) in [6.07, 6.45) is 5.57. The highest BCUT2D eigenvalue weighted by Gasteiger charge is 2.43. The number of sulfonamides is 2. The van der Waals surface area contributed by atoms with E-state index in [0.29, 0.717) is 104 Å². The molecule has 0 radical (unpaired) electrons. The minimum atomic E-state index is -4.16. The number of para-hydroxylation sites is 2. The second-order valence-corrected chi connectivity index (χ2v) is 39.7. The lowest BCUT2D eigenvalue weighted by atomic mass is 10.2.